The average Bonchev–Trinajstić information content (AvgIpc) is 2.24. The van der Waals surface area contributed by atoms with Gasteiger partial charge in [-0.05, 0) is 43.5 Å². The van der Waals surface area contributed by atoms with E-state index in [9.17, 15) is 4.79 Å². The number of methoxy groups -OCH3 is 1. The van der Waals surface area contributed by atoms with Gasteiger partial charge in [-0.2, -0.15) is 0 Å². The van der Waals surface area contributed by atoms with E-state index in [0.29, 0.717) is 12.3 Å². The highest BCUT2D eigenvalue weighted by molar-refractivity contribution is 6.19. The molecule has 88 valence electrons. The van der Waals surface area contributed by atoms with Gasteiger partial charge in [0.15, 0.2) is 5.78 Å². The highest BCUT2D eigenvalue weighted by Gasteiger charge is 2.15. The highest BCUT2D eigenvalue weighted by atomic mass is 35.5. The van der Waals surface area contributed by atoms with E-state index >= 15 is 0 Å². The first kappa shape index (κ1) is 13.0. The molecule has 1 aromatic carbocycles. The van der Waals surface area contributed by atoms with Crippen molar-refractivity contribution in [2.75, 3.05) is 13.0 Å². The highest BCUT2D eigenvalue weighted by Crippen LogP contribution is 2.29. The van der Waals surface area contributed by atoms with Crippen LogP contribution in [0.25, 0.3) is 0 Å². The summed E-state index contributed by atoms with van der Waals surface area (Å²) in [6.45, 7) is 5.86. The molecule has 0 radical (unpaired) electrons. The minimum Gasteiger partial charge on any atom is -0.496 e. The molecule has 0 saturated carbocycles. The molecule has 0 amide bonds. The first-order valence-corrected chi connectivity index (χ1v) is 5.80. The molecule has 0 spiro atoms. The van der Waals surface area contributed by atoms with Crippen LogP contribution in [0.5, 0.6) is 5.75 Å². The summed E-state index contributed by atoms with van der Waals surface area (Å²) in [6.07, 6.45) is 0.383. The zero-order valence-electron chi connectivity index (χ0n) is 10.2. The molecule has 0 fully saturated rings. The summed E-state index contributed by atoms with van der Waals surface area (Å²) in [4.78, 5) is 11.8. The van der Waals surface area contributed by atoms with Gasteiger partial charge in [0.2, 0.25) is 0 Å². The molecule has 2 nitrogen and oxygen atoms in total. The second-order valence-electron chi connectivity index (χ2n) is 3.89. The number of carbonyl (C=O) groups is 1. The topological polar surface area (TPSA) is 26.3 Å². The zero-order valence-corrected chi connectivity index (χ0v) is 10.9. The SMILES string of the molecule is COc1c(C)cc(C(=O)CCCl)c(C)c1C. The van der Waals surface area contributed by atoms with Crippen molar-refractivity contribution in [2.24, 2.45) is 0 Å². The Morgan fingerprint density at radius 1 is 1.31 bits per heavy atom. The summed E-state index contributed by atoms with van der Waals surface area (Å²) in [7, 11) is 1.65. The number of hydrogen-bond donors (Lipinski definition) is 0. The van der Waals surface area contributed by atoms with Gasteiger partial charge in [0.25, 0.3) is 0 Å². The fourth-order valence-electron chi connectivity index (χ4n) is 1.88. The Morgan fingerprint density at radius 3 is 2.44 bits per heavy atom. The second-order valence-corrected chi connectivity index (χ2v) is 4.26. The van der Waals surface area contributed by atoms with Crippen molar-refractivity contribution in [1.29, 1.82) is 0 Å². The molecule has 0 aliphatic carbocycles. The van der Waals surface area contributed by atoms with Crippen molar-refractivity contribution in [3.63, 3.8) is 0 Å². The quantitative estimate of drug-likeness (QED) is 0.595. The van der Waals surface area contributed by atoms with Gasteiger partial charge in [0.1, 0.15) is 5.75 Å². The first-order chi connectivity index (χ1) is 7.52. The number of ketones is 1. The van der Waals surface area contributed by atoms with Crippen LogP contribution in [0.1, 0.15) is 33.5 Å². The van der Waals surface area contributed by atoms with Gasteiger partial charge in [-0.25, -0.2) is 0 Å². The number of benzene rings is 1. The average molecular weight is 241 g/mol. The van der Waals surface area contributed by atoms with E-state index in [4.69, 9.17) is 16.3 Å². The fraction of sp³-hybridized carbons (Fsp3) is 0.462. The largest absolute Gasteiger partial charge is 0.496 e. The second kappa shape index (κ2) is 5.35. The maximum absolute atomic E-state index is 11.8. The van der Waals surface area contributed by atoms with Crippen molar-refractivity contribution < 1.29 is 9.53 Å². The molecule has 0 N–H and O–H groups in total. The third kappa shape index (κ3) is 2.38. The lowest BCUT2D eigenvalue weighted by Gasteiger charge is -2.14. The normalized spacial score (nSPS) is 10.3. The fourth-order valence-corrected chi connectivity index (χ4v) is 2.05. The van der Waals surface area contributed by atoms with Crippen molar-refractivity contribution in [3.05, 3.63) is 28.3 Å². The number of halogens is 1. The van der Waals surface area contributed by atoms with Crippen LogP contribution in [-0.2, 0) is 0 Å². The van der Waals surface area contributed by atoms with Crippen LogP contribution in [0.2, 0.25) is 0 Å². The van der Waals surface area contributed by atoms with Crippen LogP contribution in [0, 0.1) is 20.8 Å². The summed E-state index contributed by atoms with van der Waals surface area (Å²) in [6, 6.07) is 1.88. The monoisotopic (exact) mass is 240 g/mol. The number of rotatable bonds is 4. The van der Waals surface area contributed by atoms with Crippen molar-refractivity contribution >= 4 is 17.4 Å². The molecular formula is C13H17ClO2. The molecule has 1 rings (SSSR count). The lowest BCUT2D eigenvalue weighted by molar-refractivity contribution is 0.0988. The van der Waals surface area contributed by atoms with Gasteiger partial charge in [-0.1, -0.05) is 0 Å². The molecular weight excluding hydrogens is 224 g/mol. The smallest absolute Gasteiger partial charge is 0.164 e. The minimum absolute atomic E-state index is 0.0985. The number of hydrogen-bond acceptors (Lipinski definition) is 2. The predicted molar refractivity (Wildman–Crippen MR) is 66.9 cm³/mol. The summed E-state index contributed by atoms with van der Waals surface area (Å²) in [5.41, 5.74) is 3.76. The Hall–Kier alpha value is -1.02. The Kier molecular flexibility index (Phi) is 4.36. The van der Waals surface area contributed by atoms with Gasteiger partial charge in [0, 0.05) is 17.9 Å². The first-order valence-electron chi connectivity index (χ1n) is 5.26. The van der Waals surface area contributed by atoms with Crippen LogP contribution in [0.15, 0.2) is 6.07 Å². The summed E-state index contributed by atoms with van der Waals surface area (Å²) in [5.74, 6) is 1.32. The summed E-state index contributed by atoms with van der Waals surface area (Å²) in [5, 5.41) is 0. The molecule has 1 aromatic rings. The minimum atomic E-state index is 0.0985. The Morgan fingerprint density at radius 2 is 1.94 bits per heavy atom. The molecule has 0 unspecified atom stereocenters. The lowest BCUT2D eigenvalue weighted by Crippen LogP contribution is -2.06. The molecule has 0 bridgehead atoms. The number of alkyl halides is 1. The lowest BCUT2D eigenvalue weighted by atomic mass is 9.95. The maximum Gasteiger partial charge on any atom is 0.164 e. The van der Waals surface area contributed by atoms with Crippen LogP contribution < -0.4 is 4.74 Å². The number of aryl methyl sites for hydroxylation is 1. The molecule has 0 saturated heterocycles. The van der Waals surface area contributed by atoms with Crippen molar-refractivity contribution in [3.8, 4) is 5.75 Å². The summed E-state index contributed by atoms with van der Waals surface area (Å²) >= 11 is 5.59. The van der Waals surface area contributed by atoms with Gasteiger partial charge < -0.3 is 4.74 Å². The standard InChI is InChI=1S/C13H17ClO2/c1-8-7-11(12(15)5-6-14)9(2)10(3)13(8)16-4/h7H,5-6H2,1-4H3. The number of Topliss-reactive ketones (excluding diaryl/α,β-unsaturated/α-hetero) is 1. The third-order valence-corrected chi connectivity index (χ3v) is 3.04. The molecule has 0 heterocycles. The molecule has 0 aliphatic heterocycles. The Bertz CT molecular complexity index is 411. The summed E-state index contributed by atoms with van der Waals surface area (Å²) < 4.78 is 5.31. The van der Waals surface area contributed by atoms with Crippen LogP contribution in [0.3, 0.4) is 0 Å². The van der Waals surface area contributed by atoms with E-state index in [2.05, 4.69) is 0 Å². The van der Waals surface area contributed by atoms with Gasteiger partial charge >= 0.3 is 0 Å². The van der Waals surface area contributed by atoms with Gasteiger partial charge in [0.05, 0.1) is 7.11 Å². The van der Waals surface area contributed by atoms with E-state index in [0.717, 1.165) is 28.0 Å². The van der Waals surface area contributed by atoms with Gasteiger partial charge in [-0.3, -0.25) is 4.79 Å². The van der Waals surface area contributed by atoms with Gasteiger partial charge in [-0.15, -0.1) is 11.6 Å². The Labute approximate surface area is 102 Å². The van der Waals surface area contributed by atoms with E-state index in [1.54, 1.807) is 7.11 Å². The van der Waals surface area contributed by atoms with E-state index in [1.165, 1.54) is 0 Å². The third-order valence-electron chi connectivity index (χ3n) is 2.85. The molecule has 0 aliphatic rings. The molecule has 0 aromatic heterocycles. The maximum atomic E-state index is 11.8. The number of ether oxygens (including phenoxy) is 1. The number of carbonyl (C=O) groups excluding carboxylic acids is 1. The van der Waals surface area contributed by atoms with Crippen molar-refractivity contribution in [2.45, 2.75) is 27.2 Å². The van der Waals surface area contributed by atoms with Crippen LogP contribution >= 0.6 is 11.6 Å². The van der Waals surface area contributed by atoms with E-state index in [1.807, 2.05) is 26.8 Å². The van der Waals surface area contributed by atoms with E-state index < -0.39 is 0 Å². The molecule has 0 atom stereocenters. The zero-order chi connectivity index (χ0) is 12.3. The van der Waals surface area contributed by atoms with Crippen LogP contribution in [-0.4, -0.2) is 18.8 Å². The van der Waals surface area contributed by atoms with E-state index in [-0.39, 0.29) is 5.78 Å². The predicted octanol–water partition coefficient (Wildman–Crippen LogP) is 3.43. The molecule has 3 heteroatoms. The Balaban J connectivity index is 3.28. The van der Waals surface area contributed by atoms with Crippen LogP contribution in [0.4, 0.5) is 0 Å². The molecule has 16 heavy (non-hydrogen) atoms. The van der Waals surface area contributed by atoms with Crippen molar-refractivity contribution in [1.82, 2.24) is 0 Å².